The molecule has 6 nitrogen and oxygen atoms in total. The van der Waals surface area contributed by atoms with Crippen LogP contribution in [0.4, 0.5) is 5.69 Å². The lowest BCUT2D eigenvalue weighted by atomic mass is 10.0. The number of nitrogens with zero attached hydrogens (tertiary/aromatic N) is 2. The lowest BCUT2D eigenvalue weighted by molar-refractivity contribution is -0.385. The Hall–Kier alpha value is -1.47. The van der Waals surface area contributed by atoms with Crippen molar-refractivity contribution in [1.82, 2.24) is 4.31 Å². The van der Waals surface area contributed by atoms with E-state index in [4.69, 9.17) is 0 Å². The smallest absolute Gasteiger partial charge is 0.258 e. The average molecular weight is 298 g/mol. The summed E-state index contributed by atoms with van der Waals surface area (Å²) in [6.07, 6.45) is 2.64. The molecule has 1 heterocycles. The molecule has 0 N–H and O–H groups in total. The van der Waals surface area contributed by atoms with E-state index >= 15 is 0 Å². The summed E-state index contributed by atoms with van der Waals surface area (Å²) >= 11 is 0. The summed E-state index contributed by atoms with van der Waals surface area (Å²) < 4.78 is 26.9. The molecule has 110 valence electrons. The Kier molecular flexibility index (Phi) is 4.10. The van der Waals surface area contributed by atoms with Crippen LogP contribution in [0.3, 0.4) is 0 Å². The second-order valence-electron chi connectivity index (χ2n) is 5.22. The van der Waals surface area contributed by atoms with E-state index in [1.54, 1.807) is 0 Å². The molecule has 0 radical (unpaired) electrons. The van der Waals surface area contributed by atoms with Gasteiger partial charge in [0.2, 0.25) is 10.0 Å². The van der Waals surface area contributed by atoms with Crippen LogP contribution in [0.15, 0.2) is 29.2 Å². The molecule has 1 aromatic carbocycles. The van der Waals surface area contributed by atoms with Crippen molar-refractivity contribution in [2.45, 2.75) is 50.1 Å². The molecule has 1 aliphatic heterocycles. The van der Waals surface area contributed by atoms with Crippen molar-refractivity contribution in [2.24, 2.45) is 0 Å². The minimum Gasteiger partial charge on any atom is -0.258 e. The average Bonchev–Trinajstić information content (AvgIpc) is 2.38. The van der Waals surface area contributed by atoms with Gasteiger partial charge in [0, 0.05) is 24.2 Å². The molecule has 7 heteroatoms. The molecule has 2 atom stereocenters. The Morgan fingerprint density at radius 2 is 1.85 bits per heavy atom. The zero-order chi connectivity index (χ0) is 14.9. The van der Waals surface area contributed by atoms with E-state index in [1.165, 1.54) is 22.5 Å². The van der Waals surface area contributed by atoms with Gasteiger partial charge in [0.25, 0.3) is 5.69 Å². The maximum absolute atomic E-state index is 12.7. The third kappa shape index (κ3) is 2.69. The predicted octanol–water partition coefficient (Wildman–Crippen LogP) is 2.55. The van der Waals surface area contributed by atoms with Gasteiger partial charge in [-0.2, -0.15) is 4.31 Å². The number of rotatable bonds is 3. The molecule has 20 heavy (non-hydrogen) atoms. The highest BCUT2D eigenvalue weighted by atomic mass is 32.2. The SMILES string of the molecule is C[C@H]1CCC[C@H](C)N1S(=O)(=O)c1cccc([N+](=O)[O-])c1. The topological polar surface area (TPSA) is 80.5 Å². The Labute approximate surface area is 118 Å². The predicted molar refractivity (Wildman–Crippen MR) is 74.9 cm³/mol. The fraction of sp³-hybridized carbons (Fsp3) is 0.538. The second-order valence-corrected chi connectivity index (χ2v) is 7.06. The molecule has 2 rings (SSSR count). The van der Waals surface area contributed by atoms with Crippen molar-refractivity contribution in [3.8, 4) is 0 Å². The molecule has 1 fully saturated rings. The van der Waals surface area contributed by atoms with Crippen molar-refractivity contribution in [2.75, 3.05) is 0 Å². The van der Waals surface area contributed by atoms with Crippen LogP contribution < -0.4 is 0 Å². The summed E-state index contributed by atoms with van der Waals surface area (Å²) in [4.78, 5) is 10.2. The summed E-state index contributed by atoms with van der Waals surface area (Å²) in [5.41, 5.74) is -0.205. The first-order valence-corrected chi connectivity index (χ1v) is 8.06. The fourth-order valence-electron chi connectivity index (χ4n) is 2.75. The number of nitro groups is 1. The lowest BCUT2D eigenvalue weighted by Gasteiger charge is -2.37. The summed E-state index contributed by atoms with van der Waals surface area (Å²) in [6, 6.07) is 5.08. The highest BCUT2D eigenvalue weighted by molar-refractivity contribution is 7.89. The summed E-state index contributed by atoms with van der Waals surface area (Å²) in [6.45, 7) is 3.76. The molecule has 0 spiro atoms. The molecule has 1 aliphatic rings. The fourth-order valence-corrected chi connectivity index (χ4v) is 4.67. The Morgan fingerprint density at radius 1 is 1.25 bits per heavy atom. The number of hydrogen-bond acceptors (Lipinski definition) is 4. The largest absolute Gasteiger partial charge is 0.270 e. The number of piperidine rings is 1. The van der Waals surface area contributed by atoms with E-state index in [-0.39, 0.29) is 22.7 Å². The van der Waals surface area contributed by atoms with Gasteiger partial charge in [0.05, 0.1) is 9.82 Å². The molecule has 0 unspecified atom stereocenters. The van der Waals surface area contributed by atoms with Crippen LogP contribution in [-0.4, -0.2) is 29.7 Å². The molecule has 0 bridgehead atoms. The van der Waals surface area contributed by atoms with Gasteiger partial charge in [0.15, 0.2) is 0 Å². The third-order valence-corrected chi connectivity index (χ3v) is 5.84. The molecule has 1 saturated heterocycles. The normalized spacial score (nSPS) is 24.5. The highest BCUT2D eigenvalue weighted by Crippen LogP contribution is 2.30. The van der Waals surface area contributed by atoms with Gasteiger partial charge < -0.3 is 0 Å². The van der Waals surface area contributed by atoms with Crippen molar-refractivity contribution >= 4 is 15.7 Å². The van der Waals surface area contributed by atoms with Crippen LogP contribution in [0.1, 0.15) is 33.1 Å². The second kappa shape index (κ2) is 5.49. The van der Waals surface area contributed by atoms with Gasteiger partial charge >= 0.3 is 0 Å². The van der Waals surface area contributed by atoms with Crippen LogP contribution >= 0.6 is 0 Å². The zero-order valence-corrected chi connectivity index (χ0v) is 12.3. The lowest BCUT2D eigenvalue weighted by Crippen LogP contribution is -2.47. The van der Waals surface area contributed by atoms with Crippen LogP contribution in [0.2, 0.25) is 0 Å². The first-order valence-electron chi connectivity index (χ1n) is 6.62. The monoisotopic (exact) mass is 298 g/mol. The van der Waals surface area contributed by atoms with Crippen LogP contribution in [-0.2, 0) is 10.0 Å². The zero-order valence-electron chi connectivity index (χ0n) is 11.5. The van der Waals surface area contributed by atoms with Gasteiger partial charge in [-0.25, -0.2) is 8.42 Å². The minimum absolute atomic E-state index is 0.00713. The molecular formula is C13H18N2O4S. The van der Waals surface area contributed by atoms with Gasteiger partial charge in [-0.15, -0.1) is 0 Å². The Morgan fingerprint density at radius 3 is 2.40 bits per heavy atom. The van der Waals surface area contributed by atoms with Gasteiger partial charge in [-0.05, 0) is 32.8 Å². The van der Waals surface area contributed by atoms with E-state index in [1.807, 2.05) is 13.8 Å². The number of sulfonamides is 1. The van der Waals surface area contributed by atoms with Crippen molar-refractivity contribution in [3.05, 3.63) is 34.4 Å². The van der Waals surface area contributed by atoms with E-state index in [9.17, 15) is 18.5 Å². The van der Waals surface area contributed by atoms with Gasteiger partial charge in [-0.1, -0.05) is 12.5 Å². The minimum atomic E-state index is -3.69. The Balaban J connectivity index is 2.44. The van der Waals surface area contributed by atoms with Crippen LogP contribution in [0.5, 0.6) is 0 Å². The molecule has 0 amide bonds. The van der Waals surface area contributed by atoms with Crippen molar-refractivity contribution in [1.29, 1.82) is 0 Å². The van der Waals surface area contributed by atoms with Crippen molar-refractivity contribution in [3.63, 3.8) is 0 Å². The van der Waals surface area contributed by atoms with E-state index in [0.717, 1.165) is 25.3 Å². The van der Waals surface area contributed by atoms with E-state index in [2.05, 4.69) is 0 Å². The highest BCUT2D eigenvalue weighted by Gasteiger charge is 2.36. The number of hydrogen-bond donors (Lipinski definition) is 0. The van der Waals surface area contributed by atoms with Crippen LogP contribution in [0, 0.1) is 10.1 Å². The first-order chi connectivity index (χ1) is 9.34. The Bertz CT molecular complexity index is 605. The molecule has 0 saturated carbocycles. The number of benzene rings is 1. The number of non-ortho nitro benzene ring substituents is 1. The molecular weight excluding hydrogens is 280 g/mol. The van der Waals surface area contributed by atoms with E-state index in [0.29, 0.717) is 0 Å². The summed E-state index contributed by atoms with van der Waals surface area (Å²) in [5, 5.41) is 10.8. The van der Waals surface area contributed by atoms with E-state index < -0.39 is 14.9 Å². The molecule has 1 aromatic rings. The van der Waals surface area contributed by atoms with Gasteiger partial charge in [0.1, 0.15) is 0 Å². The van der Waals surface area contributed by atoms with Crippen molar-refractivity contribution < 1.29 is 13.3 Å². The third-order valence-electron chi connectivity index (χ3n) is 3.72. The maximum Gasteiger partial charge on any atom is 0.270 e. The summed E-state index contributed by atoms with van der Waals surface area (Å²) in [5.74, 6) is 0. The first kappa shape index (κ1) is 14.9. The number of nitro benzene ring substituents is 1. The quantitative estimate of drug-likeness (QED) is 0.634. The summed E-state index contributed by atoms with van der Waals surface area (Å²) in [7, 11) is -3.69. The molecule has 0 aliphatic carbocycles. The standard InChI is InChI=1S/C13H18N2O4S/c1-10-5-3-6-11(2)14(10)20(18,19)13-8-4-7-12(9-13)15(16)17/h4,7-11H,3,5-6H2,1-2H3/t10-,11-/m0/s1. The van der Waals surface area contributed by atoms with Gasteiger partial charge in [-0.3, -0.25) is 10.1 Å². The van der Waals surface area contributed by atoms with Crippen LogP contribution in [0.25, 0.3) is 0 Å². The molecule has 0 aromatic heterocycles. The maximum atomic E-state index is 12.7.